The van der Waals surface area contributed by atoms with Crippen LogP contribution in [0.1, 0.15) is 18.4 Å². The Kier molecular flexibility index (Phi) is 3.08. The maximum Gasteiger partial charge on any atom is 0.313 e. The van der Waals surface area contributed by atoms with Gasteiger partial charge in [0.15, 0.2) is 0 Å². The van der Waals surface area contributed by atoms with Gasteiger partial charge in [-0.15, -0.1) is 0 Å². The van der Waals surface area contributed by atoms with Crippen LogP contribution in [0.3, 0.4) is 0 Å². The average Bonchev–Trinajstić information content (AvgIpc) is 3.06. The minimum absolute atomic E-state index is 0.141. The molecule has 0 radical (unpaired) electrons. The third kappa shape index (κ3) is 3.03. The van der Waals surface area contributed by atoms with Gasteiger partial charge in [-0.2, -0.15) is 0 Å². The highest BCUT2D eigenvalue weighted by Gasteiger charge is 2.26. The second kappa shape index (κ2) is 4.53. The average molecular weight is 236 g/mol. The molecule has 1 fully saturated rings. The van der Waals surface area contributed by atoms with Crippen LogP contribution in [0.25, 0.3) is 0 Å². The zero-order valence-corrected chi connectivity index (χ0v) is 9.42. The minimum Gasteiger partial charge on any atom is -0.345 e. The molecule has 0 aliphatic heterocycles. The summed E-state index contributed by atoms with van der Waals surface area (Å²) >= 11 is 0. The number of carbonyl (C=O) groups is 2. The van der Waals surface area contributed by atoms with Crippen LogP contribution in [0.15, 0.2) is 18.2 Å². The Morgan fingerprint density at radius 3 is 2.59 bits per heavy atom. The summed E-state index contributed by atoms with van der Waals surface area (Å²) in [6.45, 7) is 1.66. The topological polar surface area (TPSA) is 58.2 Å². The zero-order valence-electron chi connectivity index (χ0n) is 9.42. The lowest BCUT2D eigenvalue weighted by Crippen LogP contribution is -2.36. The molecule has 0 unspecified atom stereocenters. The number of rotatable bonds is 2. The van der Waals surface area contributed by atoms with Crippen LogP contribution in [0.5, 0.6) is 0 Å². The molecule has 0 heterocycles. The first-order chi connectivity index (χ1) is 8.06. The molecule has 1 aliphatic carbocycles. The van der Waals surface area contributed by atoms with Gasteiger partial charge in [0.25, 0.3) is 0 Å². The number of benzene rings is 1. The molecule has 0 atom stereocenters. The molecule has 0 aromatic heterocycles. The number of amides is 2. The normalized spacial score (nSPS) is 14.2. The Hall–Kier alpha value is -1.91. The molecule has 0 bridgehead atoms. The molecule has 17 heavy (non-hydrogen) atoms. The van der Waals surface area contributed by atoms with Crippen molar-refractivity contribution in [1.29, 1.82) is 0 Å². The van der Waals surface area contributed by atoms with Crippen molar-refractivity contribution in [3.8, 4) is 0 Å². The van der Waals surface area contributed by atoms with Gasteiger partial charge in [0.05, 0.1) is 0 Å². The second-order valence-electron chi connectivity index (χ2n) is 4.16. The van der Waals surface area contributed by atoms with Gasteiger partial charge < -0.3 is 10.6 Å². The van der Waals surface area contributed by atoms with E-state index in [1.54, 1.807) is 6.92 Å². The highest BCUT2D eigenvalue weighted by molar-refractivity contribution is 6.39. The number of anilines is 1. The second-order valence-corrected chi connectivity index (χ2v) is 4.16. The highest BCUT2D eigenvalue weighted by Crippen LogP contribution is 2.19. The van der Waals surface area contributed by atoms with E-state index in [1.165, 1.54) is 18.2 Å². The predicted molar refractivity (Wildman–Crippen MR) is 60.9 cm³/mol. The summed E-state index contributed by atoms with van der Waals surface area (Å²) in [6.07, 6.45) is 1.85. The predicted octanol–water partition coefficient (Wildman–Crippen LogP) is 1.35. The minimum atomic E-state index is -0.716. The largest absolute Gasteiger partial charge is 0.345 e. The monoisotopic (exact) mass is 236 g/mol. The van der Waals surface area contributed by atoms with Gasteiger partial charge in [-0.05, 0) is 43.5 Å². The van der Waals surface area contributed by atoms with Crippen LogP contribution >= 0.6 is 0 Å². The van der Waals surface area contributed by atoms with Gasteiger partial charge in [0, 0.05) is 11.7 Å². The van der Waals surface area contributed by atoms with Crippen molar-refractivity contribution in [2.45, 2.75) is 25.8 Å². The SMILES string of the molecule is Cc1cc(F)ccc1NC(=O)C(=O)NC1CC1. The number of hydrogen-bond donors (Lipinski definition) is 2. The number of hydrogen-bond acceptors (Lipinski definition) is 2. The van der Waals surface area contributed by atoms with E-state index in [1.807, 2.05) is 0 Å². The first-order valence-electron chi connectivity index (χ1n) is 5.44. The van der Waals surface area contributed by atoms with E-state index in [0.29, 0.717) is 11.3 Å². The lowest BCUT2D eigenvalue weighted by atomic mass is 10.2. The van der Waals surface area contributed by atoms with Crippen LogP contribution < -0.4 is 10.6 Å². The summed E-state index contributed by atoms with van der Waals surface area (Å²) in [6, 6.07) is 4.12. The molecule has 1 aromatic rings. The molecule has 5 heteroatoms. The van der Waals surface area contributed by atoms with Crippen LogP contribution in [0.2, 0.25) is 0 Å². The molecule has 2 rings (SSSR count). The van der Waals surface area contributed by atoms with Crippen molar-refractivity contribution in [3.63, 3.8) is 0 Å². The van der Waals surface area contributed by atoms with E-state index < -0.39 is 11.8 Å². The molecule has 1 aliphatic rings. The lowest BCUT2D eigenvalue weighted by molar-refractivity contribution is -0.136. The van der Waals surface area contributed by atoms with E-state index in [0.717, 1.165) is 12.8 Å². The number of aryl methyl sites for hydroxylation is 1. The van der Waals surface area contributed by atoms with Gasteiger partial charge >= 0.3 is 11.8 Å². The molecule has 1 saturated carbocycles. The Morgan fingerprint density at radius 2 is 2.00 bits per heavy atom. The van der Waals surface area contributed by atoms with Crippen molar-refractivity contribution < 1.29 is 14.0 Å². The molecule has 90 valence electrons. The molecule has 1 aromatic carbocycles. The molecule has 0 saturated heterocycles. The number of nitrogens with one attached hydrogen (secondary N) is 2. The quantitative estimate of drug-likeness (QED) is 0.761. The van der Waals surface area contributed by atoms with E-state index >= 15 is 0 Å². The van der Waals surface area contributed by atoms with Crippen molar-refractivity contribution >= 4 is 17.5 Å². The summed E-state index contributed by atoms with van der Waals surface area (Å²) in [5.41, 5.74) is 1.03. The van der Waals surface area contributed by atoms with Crippen molar-refractivity contribution in [2.75, 3.05) is 5.32 Å². The number of carbonyl (C=O) groups excluding carboxylic acids is 2. The maximum absolute atomic E-state index is 12.8. The Morgan fingerprint density at radius 1 is 1.29 bits per heavy atom. The third-order valence-electron chi connectivity index (χ3n) is 2.56. The Balaban J connectivity index is 1.99. The van der Waals surface area contributed by atoms with E-state index in [-0.39, 0.29) is 11.9 Å². The summed E-state index contributed by atoms with van der Waals surface area (Å²) in [7, 11) is 0. The molecular formula is C12H13FN2O2. The van der Waals surface area contributed by atoms with Crippen LogP contribution in [0.4, 0.5) is 10.1 Å². The molecule has 2 N–H and O–H groups in total. The molecule has 2 amide bonds. The van der Waals surface area contributed by atoms with Crippen molar-refractivity contribution in [1.82, 2.24) is 5.32 Å². The van der Waals surface area contributed by atoms with Crippen molar-refractivity contribution in [2.24, 2.45) is 0 Å². The number of halogens is 1. The zero-order chi connectivity index (χ0) is 12.4. The van der Waals surface area contributed by atoms with Gasteiger partial charge in [0.2, 0.25) is 0 Å². The first kappa shape index (κ1) is 11.6. The molecule has 4 nitrogen and oxygen atoms in total. The first-order valence-corrected chi connectivity index (χ1v) is 5.44. The Bertz CT molecular complexity index is 470. The summed E-state index contributed by atoms with van der Waals surface area (Å²) < 4.78 is 12.8. The van der Waals surface area contributed by atoms with Crippen LogP contribution in [-0.2, 0) is 9.59 Å². The van der Waals surface area contributed by atoms with Gasteiger partial charge in [-0.25, -0.2) is 4.39 Å². The fourth-order valence-corrected chi connectivity index (χ4v) is 1.43. The summed E-state index contributed by atoms with van der Waals surface area (Å²) in [4.78, 5) is 22.9. The fraction of sp³-hybridized carbons (Fsp3) is 0.333. The van der Waals surface area contributed by atoms with Crippen molar-refractivity contribution in [3.05, 3.63) is 29.6 Å². The van der Waals surface area contributed by atoms with Gasteiger partial charge in [-0.1, -0.05) is 0 Å². The lowest BCUT2D eigenvalue weighted by Gasteiger charge is -2.08. The fourth-order valence-electron chi connectivity index (χ4n) is 1.43. The van der Waals surface area contributed by atoms with Gasteiger partial charge in [-0.3, -0.25) is 9.59 Å². The summed E-state index contributed by atoms with van der Waals surface area (Å²) in [5.74, 6) is -1.73. The molecule has 0 spiro atoms. The van der Waals surface area contributed by atoms with Crippen LogP contribution in [-0.4, -0.2) is 17.9 Å². The smallest absolute Gasteiger partial charge is 0.313 e. The standard InChI is InChI=1S/C12H13FN2O2/c1-7-6-8(13)2-5-10(7)15-12(17)11(16)14-9-3-4-9/h2,5-6,9H,3-4H2,1H3,(H,14,16)(H,15,17). The summed E-state index contributed by atoms with van der Waals surface area (Å²) in [5, 5.41) is 5.03. The van der Waals surface area contributed by atoms with E-state index in [4.69, 9.17) is 0 Å². The van der Waals surface area contributed by atoms with Crippen LogP contribution in [0, 0.1) is 12.7 Å². The highest BCUT2D eigenvalue weighted by atomic mass is 19.1. The Labute approximate surface area is 98.2 Å². The van der Waals surface area contributed by atoms with E-state index in [2.05, 4.69) is 10.6 Å². The van der Waals surface area contributed by atoms with E-state index in [9.17, 15) is 14.0 Å². The maximum atomic E-state index is 12.8. The third-order valence-corrected chi connectivity index (χ3v) is 2.56. The van der Waals surface area contributed by atoms with Gasteiger partial charge in [0.1, 0.15) is 5.82 Å². The molecular weight excluding hydrogens is 223 g/mol.